The van der Waals surface area contributed by atoms with E-state index >= 15 is 0 Å². The summed E-state index contributed by atoms with van der Waals surface area (Å²) < 4.78 is 11.0. The lowest BCUT2D eigenvalue weighted by molar-refractivity contribution is -0.159. The van der Waals surface area contributed by atoms with E-state index in [0.29, 0.717) is 5.56 Å². The van der Waals surface area contributed by atoms with Crippen LogP contribution in [0.5, 0.6) is 0 Å². The number of ether oxygens (including phenoxy) is 2. The summed E-state index contributed by atoms with van der Waals surface area (Å²) in [4.78, 5) is 55.3. The van der Waals surface area contributed by atoms with Gasteiger partial charge in [0.2, 0.25) is 11.8 Å². The Balaban J connectivity index is 2.55. The van der Waals surface area contributed by atoms with Gasteiger partial charge in [-0.25, -0.2) is 9.59 Å². The lowest BCUT2D eigenvalue weighted by Gasteiger charge is -2.35. The minimum atomic E-state index is -1.14. The molecular weight excluding hydrogens is 546 g/mol. The number of alkyl carbamates (subject to hydrolysis) is 1. The normalized spacial score (nSPS) is 13.6. The summed E-state index contributed by atoms with van der Waals surface area (Å²) in [6, 6.07) is 11.6. The molecule has 9 nitrogen and oxygen atoms in total. The number of amides is 3. The smallest absolute Gasteiger partial charge is 0.408 e. The molecule has 0 aliphatic heterocycles. The Morgan fingerprint density at radius 1 is 0.884 bits per heavy atom. The highest BCUT2D eigenvalue weighted by Crippen LogP contribution is 2.28. The first-order chi connectivity index (χ1) is 19.9. The van der Waals surface area contributed by atoms with Crippen molar-refractivity contribution in [1.29, 1.82) is 0 Å². The first-order valence-electron chi connectivity index (χ1n) is 14.5. The van der Waals surface area contributed by atoms with Gasteiger partial charge in [-0.1, -0.05) is 54.6 Å². The van der Waals surface area contributed by atoms with Gasteiger partial charge in [-0.2, -0.15) is 0 Å². The van der Waals surface area contributed by atoms with Crippen LogP contribution < -0.4 is 10.6 Å². The fourth-order valence-electron chi connectivity index (χ4n) is 4.44. The fraction of sp³-hybridized carbons (Fsp3) is 0.471. The first kappa shape index (κ1) is 35.1. The second-order valence-corrected chi connectivity index (χ2v) is 12.6. The quantitative estimate of drug-likeness (QED) is 0.269. The van der Waals surface area contributed by atoms with E-state index in [0.717, 1.165) is 16.7 Å². The predicted molar refractivity (Wildman–Crippen MR) is 167 cm³/mol. The number of carbonyl (C=O) groups is 4. The van der Waals surface area contributed by atoms with E-state index in [1.807, 2.05) is 56.3 Å². The molecule has 0 radical (unpaired) electrons. The molecule has 0 saturated carbocycles. The molecule has 0 fully saturated rings. The number of carbonyl (C=O) groups excluding carboxylic acids is 4. The number of hydrogen-bond acceptors (Lipinski definition) is 6. The van der Waals surface area contributed by atoms with E-state index in [9.17, 15) is 19.2 Å². The summed E-state index contributed by atoms with van der Waals surface area (Å²) in [5.41, 5.74) is 1.61. The van der Waals surface area contributed by atoms with Crippen LogP contribution >= 0.6 is 0 Å². The Morgan fingerprint density at radius 3 is 2.05 bits per heavy atom. The van der Waals surface area contributed by atoms with Gasteiger partial charge in [-0.05, 0) is 84.6 Å². The highest BCUT2D eigenvalue weighted by molar-refractivity contribution is 5.94. The number of aryl methyl sites for hydroxylation is 1. The number of nitrogens with one attached hydrogen (secondary N) is 2. The molecule has 234 valence electrons. The number of nitrogens with zero attached hydrogens (tertiary/aromatic N) is 1. The molecule has 0 heterocycles. The molecule has 43 heavy (non-hydrogen) atoms. The van der Waals surface area contributed by atoms with Gasteiger partial charge in [-0.3, -0.25) is 9.59 Å². The number of hydrogen-bond donors (Lipinski definition) is 2. The largest absolute Gasteiger partial charge is 0.458 e. The standard InChI is InChI=1S/C34H47N3O6/c1-11-20-37(30(39)24(4)35-32(41)43-34(8,9)10)28(26-19-15-16-22(2)23(26)3)29(38)36-27(31(40)42-33(5,6)7)21-25-17-13-12-14-18-25/h11-19,24,27-28H,1,20-21H2,2-10H3,(H,35,41)(H,36,38). The summed E-state index contributed by atoms with van der Waals surface area (Å²) in [5, 5.41) is 5.46. The van der Waals surface area contributed by atoms with E-state index in [4.69, 9.17) is 9.47 Å². The van der Waals surface area contributed by atoms with Crippen LogP contribution in [0.2, 0.25) is 0 Å². The zero-order valence-electron chi connectivity index (χ0n) is 26.9. The van der Waals surface area contributed by atoms with Crippen molar-refractivity contribution in [1.82, 2.24) is 15.5 Å². The molecule has 3 unspecified atom stereocenters. The summed E-state index contributed by atoms with van der Waals surface area (Å²) in [6.07, 6.45) is 0.943. The SMILES string of the molecule is C=CCN(C(=O)C(C)NC(=O)OC(C)(C)C)C(C(=O)NC(Cc1ccccc1)C(=O)OC(C)(C)C)c1cccc(C)c1C. The molecule has 3 atom stereocenters. The Labute approximate surface area is 256 Å². The third-order valence-corrected chi connectivity index (χ3v) is 6.50. The van der Waals surface area contributed by atoms with Crippen molar-refractivity contribution in [3.05, 3.63) is 83.4 Å². The Hall–Kier alpha value is -4.14. The van der Waals surface area contributed by atoms with Crippen molar-refractivity contribution < 1.29 is 28.7 Å². The van der Waals surface area contributed by atoms with Crippen LogP contribution in [0.25, 0.3) is 0 Å². The Morgan fingerprint density at radius 2 is 1.49 bits per heavy atom. The average Bonchev–Trinajstić information content (AvgIpc) is 2.88. The molecule has 2 aromatic rings. The Bertz CT molecular complexity index is 1290. The van der Waals surface area contributed by atoms with E-state index in [-0.39, 0.29) is 13.0 Å². The zero-order chi connectivity index (χ0) is 32.5. The summed E-state index contributed by atoms with van der Waals surface area (Å²) in [7, 11) is 0. The second-order valence-electron chi connectivity index (χ2n) is 12.6. The molecule has 0 bridgehead atoms. The van der Waals surface area contributed by atoms with Crippen LogP contribution in [0.1, 0.15) is 76.8 Å². The van der Waals surface area contributed by atoms with Gasteiger partial charge in [-0.15, -0.1) is 6.58 Å². The summed E-state index contributed by atoms with van der Waals surface area (Å²) in [6.45, 7) is 19.6. The van der Waals surface area contributed by atoms with Gasteiger partial charge >= 0.3 is 12.1 Å². The molecular formula is C34H47N3O6. The fourth-order valence-corrected chi connectivity index (χ4v) is 4.44. The van der Waals surface area contributed by atoms with Gasteiger partial charge in [0, 0.05) is 13.0 Å². The topological polar surface area (TPSA) is 114 Å². The molecule has 0 saturated heterocycles. The second kappa shape index (κ2) is 14.8. The van der Waals surface area contributed by atoms with Crippen LogP contribution in [0.3, 0.4) is 0 Å². The maximum Gasteiger partial charge on any atom is 0.408 e. The minimum absolute atomic E-state index is 0.000426. The maximum absolute atomic E-state index is 14.3. The van der Waals surface area contributed by atoms with Crippen molar-refractivity contribution in [2.75, 3.05) is 6.54 Å². The molecule has 2 N–H and O–H groups in total. The molecule has 2 rings (SSSR count). The van der Waals surface area contributed by atoms with Crippen LogP contribution in [-0.4, -0.2) is 58.6 Å². The van der Waals surface area contributed by atoms with E-state index in [1.54, 1.807) is 47.6 Å². The third-order valence-electron chi connectivity index (χ3n) is 6.50. The van der Waals surface area contributed by atoms with Gasteiger partial charge in [0.15, 0.2) is 0 Å². The lowest BCUT2D eigenvalue weighted by atomic mass is 9.94. The van der Waals surface area contributed by atoms with Crippen LogP contribution in [-0.2, 0) is 30.3 Å². The molecule has 0 aliphatic carbocycles. The van der Waals surface area contributed by atoms with Crippen molar-refractivity contribution in [3.8, 4) is 0 Å². The van der Waals surface area contributed by atoms with Crippen LogP contribution in [0, 0.1) is 13.8 Å². The lowest BCUT2D eigenvalue weighted by Crippen LogP contribution is -2.54. The molecule has 9 heteroatoms. The third kappa shape index (κ3) is 10.9. The van der Waals surface area contributed by atoms with Gasteiger partial charge in [0.1, 0.15) is 29.3 Å². The number of benzene rings is 2. The summed E-state index contributed by atoms with van der Waals surface area (Å²) in [5.74, 6) is -1.69. The zero-order valence-corrected chi connectivity index (χ0v) is 26.9. The minimum Gasteiger partial charge on any atom is -0.458 e. The van der Waals surface area contributed by atoms with Crippen LogP contribution in [0.15, 0.2) is 61.2 Å². The van der Waals surface area contributed by atoms with Crippen molar-refractivity contribution in [2.45, 2.75) is 98.1 Å². The van der Waals surface area contributed by atoms with Crippen molar-refractivity contribution in [2.24, 2.45) is 0 Å². The van der Waals surface area contributed by atoms with E-state index < -0.39 is 53.2 Å². The average molecular weight is 594 g/mol. The maximum atomic E-state index is 14.3. The van der Waals surface area contributed by atoms with E-state index in [1.165, 1.54) is 17.9 Å². The Kier molecular flexibility index (Phi) is 12.1. The summed E-state index contributed by atoms with van der Waals surface area (Å²) >= 11 is 0. The highest BCUT2D eigenvalue weighted by Gasteiger charge is 2.37. The van der Waals surface area contributed by atoms with E-state index in [2.05, 4.69) is 17.2 Å². The number of esters is 1. The van der Waals surface area contributed by atoms with Gasteiger partial charge < -0.3 is 25.0 Å². The molecule has 0 aliphatic rings. The monoisotopic (exact) mass is 593 g/mol. The number of rotatable bonds is 11. The van der Waals surface area contributed by atoms with Gasteiger partial charge in [0.05, 0.1) is 0 Å². The predicted octanol–water partition coefficient (Wildman–Crippen LogP) is 5.34. The highest BCUT2D eigenvalue weighted by atomic mass is 16.6. The molecule has 0 spiro atoms. The molecule has 2 aromatic carbocycles. The van der Waals surface area contributed by atoms with Gasteiger partial charge in [0.25, 0.3) is 0 Å². The molecule has 3 amide bonds. The van der Waals surface area contributed by atoms with Crippen molar-refractivity contribution >= 4 is 23.9 Å². The molecule has 0 aromatic heterocycles. The van der Waals surface area contributed by atoms with Crippen molar-refractivity contribution in [3.63, 3.8) is 0 Å². The van der Waals surface area contributed by atoms with Crippen LogP contribution in [0.4, 0.5) is 4.79 Å². The first-order valence-corrected chi connectivity index (χ1v) is 14.5.